The number of rotatable bonds is 3. The van der Waals surface area contributed by atoms with E-state index >= 15 is 0 Å². The van der Waals surface area contributed by atoms with Gasteiger partial charge in [-0.1, -0.05) is 24.3 Å². The molecule has 19 heavy (non-hydrogen) atoms. The quantitative estimate of drug-likeness (QED) is 0.884. The van der Waals surface area contributed by atoms with Crippen LogP contribution in [0.4, 0.5) is 5.69 Å². The Morgan fingerprint density at radius 2 is 1.95 bits per heavy atom. The molecule has 3 nitrogen and oxygen atoms in total. The van der Waals surface area contributed by atoms with Crippen molar-refractivity contribution in [2.45, 2.75) is 32.0 Å². The maximum Gasteiger partial charge on any atom is 0.123 e. The Bertz CT molecular complexity index is 582. The van der Waals surface area contributed by atoms with E-state index in [1.807, 2.05) is 30.3 Å². The van der Waals surface area contributed by atoms with Crippen LogP contribution in [0.15, 0.2) is 36.4 Å². The van der Waals surface area contributed by atoms with Crippen LogP contribution in [0.3, 0.4) is 0 Å². The summed E-state index contributed by atoms with van der Waals surface area (Å²) in [7, 11) is 0. The fraction of sp³-hybridized carbons (Fsp3) is 0.375. The van der Waals surface area contributed by atoms with Crippen molar-refractivity contribution in [3.8, 4) is 5.75 Å². The Balaban J connectivity index is 1.79. The number of hydrogen-bond donors (Lipinski definition) is 2. The van der Waals surface area contributed by atoms with Crippen LogP contribution >= 0.6 is 0 Å². The average Bonchev–Trinajstić information content (AvgIpc) is 2.83. The Morgan fingerprint density at radius 1 is 1.16 bits per heavy atom. The van der Waals surface area contributed by atoms with Crippen LogP contribution < -0.4 is 5.32 Å². The molecule has 3 heteroatoms. The fourth-order valence-electron chi connectivity index (χ4n) is 2.71. The zero-order valence-electron chi connectivity index (χ0n) is 11.1. The summed E-state index contributed by atoms with van der Waals surface area (Å²) in [5.41, 5.74) is 1.05. The van der Waals surface area contributed by atoms with Gasteiger partial charge < -0.3 is 15.2 Å². The first-order valence-electron chi connectivity index (χ1n) is 6.84. The molecule has 0 aliphatic carbocycles. The molecule has 1 fully saturated rings. The van der Waals surface area contributed by atoms with Gasteiger partial charge in [-0.15, -0.1) is 0 Å². The number of phenolic OH excluding ortho intramolecular Hbond substituents is 1. The summed E-state index contributed by atoms with van der Waals surface area (Å²) >= 11 is 0. The highest BCUT2D eigenvalue weighted by molar-refractivity contribution is 5.97. The molecule has 0 amide bonds. The molecule has 2 atom stereocenters. The van der Waals surface area contributed by atoms with E-state index < -0.39 is 0 Å². The van der Waals surface area contributed by atoms with Gasteiger partial charge in [0.1, 0.15) is 5.75 Å². The topological polar surface area (TPSA) is 41.5 Å². The molecule has 1 aliphatic rings. The van der Waals surface area contributed by atoms with Crippen LogP contribution in [0, 0.1) is 0 Å². The maximum atomic E-state index is 9.86. The Hall–Kier alpha value is -1.74. The molecule has 0 saturated carbocycles. The maximum absolute atomic E-state index is 9.86. The third kappa shape index (κ3) is 2.51. The standard InChI is InChI=1S/C16H19NO2/c1-11-8-9-12(19-11)10-17-15-6-2-5-14-13(15)4-3-7-16(14)18/h2-7,11-12,17-18H,8-10H2,1H3. The molecule has 2 aromatic rings. The summed E-state index contributed by atoms with van der Waals surface area (Å²) in [6.45, 7) is 2.94. The summed E-state index contributed by atoms with van der Waals surface area (Å²) in [6.07, 6.45) is 2.93. The first-order chi connectivity index (χ1) is 9.24. The summed E-state index contributed by atoms with van der Waals surface area (Å²) < 4.78 is 5.81. The van der Waals surface area contributed by atoms with Crippen LogP contribution in [0.25, 0.3) is 10.8 Å². The molecule has 3 rings (SSSR count). The zero-order valence-corrected chi connectivity index (χ0v) is 11.1. The van der Waals surface area contributed by atoms with Crippen molar-refractivity contribution in [2.24, 2.45) is 0 Å². The fourth-order valence-corrected chi connectivity index (χ4v) is 2.71. The van der Waals surface area contributed by atoms with E-state index in [9.17, 15) is 5.11 Å². The highest BCUT2D eigenvalue weighted by atomic mass is 16.5. The highest BCUT2D eigenvalue weighted by Crippen LogP contribution is 2.30. The molecule has 0 radical (unpaired) electrons. The Morgan fingerprint density at radius 3 is 2.74 bits per heavy atom. The molecular weight excluding hydrogens is 238 g/mol. The first kappa shape index (κ1) is 12.3. The van der Waals surface area contributed by atoms with Crippen molar-refractivity contribution in [3.05, 3.63) is 36.4 Å². The van der Waals surface area contributed by atoms with Crippen molar-refractivity contribution in [3.63, 3.8) is 0 Å². The highest BCUT2D eigenvalue weighted by Gasteiger charge is 2.21. The Kier molecular flexibility index (Phi) is 3.30. The van der Waals surface area contributed by atoms with Crippen LogP contribution in [0.5, 0.6) is 5.75 Å². The van der Waals surface area contributed by atoms with E-state index in [0.29, 0.717) is 18.0 Å². The van der Waals surface area contributed by atoms with Crippen molar-refractivity contribution in [1.82, 2.24) is 0 Å². The van der Waals surface area contributed by atoms with Gasteiger partial charge >= 0.3 is 0 Å². The molecule has 0 spiro atoms. The molecule has 2 unspecified atom stereocenters. The van der Waals surface area contributed by atoms with E-state index in [1.165, 1.54) is 0 Å². The van der Waals surface area contributed by atoms with Gasteiger partial charge in [0.25, 0.3) is 0 Å². The second-order valence-electron chi connectivity index (χ2n) is 5.20. The van der Waals surface area contributed by atoms with Crippen LogP contribution in [-0.4, -0.2) is 23.9 Å². The van der Waals surface area contributed by atoms with Crippen molar-refractivity contribution >= 4 is 16.5 Å². The van der Waals surface area contributed by atoms with Crippen molar-refractivity contribution < 1.29 is 9.84 Å². The Labute approximate surface area is 113 Å². The molecule has 1 heterocycles. The second kappa shape index (κ2) is 5.10. The number of phenols is 1. The number of ether oxygens (including phenoxy) is 1. The SMILES string of the molecule is CC1CCC(CNc2cccc3c(O)cccc23)O1. The summed E-state index contributed by atoms with van der Waals surface area (Å²) in [6, 6.07) is 11.5. The van der Waals surface area contributed by atoms with Gasteiger partial charge in [0.15, 0.2) is 0 Å². The van der Waals surface area contributed by atoms with Crippen molar-refractivity contribution in [1.29, 1.82) is 0 Å². The first-order valence-corrected chi connectivity index (χ1v) is 6.84. The molecule has 2 aromatic carbocycles. The smallest absolute Gasteiger partial charge is 0.123 e. The predicted molar refractivity (Wildman–Crippen MR) is 77.7 cm³/mol. The van der Waals surface area contributed by atoms with E-state index in [-0.39, 0.29) is 0 Å². The van der Waals surface area contributed by atoms with E-state index in [0.717, 1.165) is 35.8 Å². The lowest BCUT2D eigenvalue weighted by molar-refractivity contribution is 0.0637. The number of benzene rings is 2. The lowest BCUT2D eigenvalue weighted by atomic mass is 10.1. The number of nitrogens with one attached hydrogen (secondary N) is 1. The van der Waals surface area contributed by atoms with Crippen LogP contribution in [0.2, 0.25) is 0 Å². The van der Waals surface area contributed by atoms with Gasteiger partial charge in [0, 0.05) is 23.0 Å². The largest absolute Gasteiger partial charge is 0.507 e. The van der Waals surface area contributed by atoms with Gasteiger partial charge in [0.2, 0.25) is 0 Å². The summed E-state index contributed by atoms with van der Waals surface area (Å²) in [5.74, 6) is 0.326. The molecule has 100 valence electrons. The van der Waals surface area contributed by atoms with Crippen molar-refractivity contribution in [2.75, 3.05) is 11.9 Å². The molecule has 1 aliphatic heterocycles. The lowest BCUT2D eigenvalue weighted by Gasteiger charge is -2.15. The van der Waals surface area contributed by atoms with Gasteiger partial charge in [-0.3, -0.25) is 0 Å². The third-order valence-corrected chi connectivity index (χ3v) is 3.74. The number of anilines is 1. The molecule has 0 aromatic heterocycles. The summed E-state index contributed by atoms with van der Waals surface area (Å²) in [5, 5.41) is 15.2. The van der Waals surface area contributed by atoms with Gasteiger partial charge in [-0.05, 0) is 31.9 Å². The minimum absolute atomic E-state index is 0.294. The second-order valence-corrected chi connectivity index (χ2v) is 5.20. The van der Waals surface area contributed by atoms with Gasteiger partial charge in [0.05, 0.1) is 12.2 Å². The van der Waals surface area contributed by atoms with E-state index in [4.69, 9.17) is 4.74 Å². The van der Waals surface area contributed by atoms with E-state index in [2.05, 4.69) is 12.2 Å². The number of fused-ring (bicyclic) bond motifs is 1. The molecule has 1 saturated heterocycles. The van der Waals surface area contributed by atoms with Crippen LogP contribution in [-0.2, 0) is 4.74 Å². The van der Waals surface area contributed by atoms with Gasteiger partial charge in [-0.2, -0.15) is 0 Å². The third-order valence-electron chi connectivity index (χ3n) is 3.74. The normalized spacial score (nSPS) is 22.8. The van der Waals surface area contributed by atoms with Gasteiger partial charge in [-0.25, -0.2) is 0 Å². The molecular formula is C16H19NO2. The minimum atomic E-state index is 0.294. The number of aromatic hydroxyl groups is 1. The summed E-state index contributed by atoms with van der Waals surface area (Å²) in [4.78, 5) is 0. The minimum Gasteiger partial charge on any atom is -0.507 e. The average molecular weight is 257 g/mol. The monoisotopic (exact) mass is 257 g/mol. The zero-order chi connectivity index (χ0) is 13.2. The lowest BCUT2D eigenvalue weighted by Crippen LogP contribution is -2.19. The number of hydrogen-bond acceptors (Lipinski definition) is 3. The predicted octanol–water partition coefficient (Wildman–Crippen LogP) is 3.52. The van der Waals surface area contributed by atoms with E-state index in [1.54, 1.807) is 6.07 Å². The molecule has 2 N–H and O–H groups in total. The molecule has 0 bridgehead atoms. The van der Waals surface area contributed by atoms with Crippen LogP contribution in [0.1, 0.15) is 19.8 Å².